The molecule has 96 valence electrons. The molecule has 4 nitrogen and oxygen atoms in total. The van der Waals surface area contributed by atoms with Crippen molar-refractivity contribution >= 4 is 11.7 Å². The SMILES string of the molecule is CCN1C(=O)[C@@H](C(C)=O)[C@@H]1c1cccc(OC)c1. The fourth-order valence-corrected chi connectivity index (χ4v) is 2.50. The van der Waals surface area contributed by atoms with E-state index in [2.05, 4.69) is 0 Å². The van der Waals surface area contributed by atoms with Gasteiger partial charge in [-0.2, -0.15) is 0 Å². The summed E-state index contributed by atoms with van der Waals surface area (Å²) in [6.45, 7) is 4.01. The number of nitrogens with zero attached hydrogens (tertiary/aromatic N) is 1. The number of hydrogen-bond donors (Lipinski definition) is 0. The topological polar surface area (TPSA) is 46.6 Å². The molecule has 0 aliphatic carbocycles. The Morgan fingerprint density at radius 1 is 1.44 bits per heavy atom. The van der Waals surface area contributed by atoms with Crippen LogP contribution in [0.4, 0.5) is 0 Å². The third-order valence-corrected chi connectivity index (χ3v) is 3.41. The van der Waals surface area contributed by atoms with Crippen molar-refractivity contribution in [2.24, 2.45) is 5.92 Å². The van der Waals surface area contributed by atoms with Crippen LogP contribution < -0.4 is 4.74 Å². The summed E-state index contributed by atoms with van der Waals surface area (Å²) in [6.07, 6.45) is 0. The predicted molar refractivity (Wildman–Crippen MR) is 67.3 cm³/mol. The summed E-state index contributed by atoms with van der Waals surface area (Å²) < 4.78 is 5.18. The van der Waals surface area contributed by atoms with E-state index in [1.807, 2.05) is 31.2 Å². The Balaban J connectivity index is 2.34. The van der Waals surface area contributed by atoms with E-state index in [1.165, 1.54) is 6.92 Å². The third-order valence-electron chi connectivity index (χ3n) is 3.41. The van der Waals surface area contributed by atoms with Gasteiger partial charge in [0.2, 0.25) is 5.91 Å². The molecular formula is C14H17NO3. The van der Waals surface area contributed by atoms with Crippen LogP contribution in [0.3, 0.4) is 0 Å². The van der Waals surface area contributed by atoms with Gasteiger partial charge in [-0.15, -0.1) is 0 Å². The summed E-state index contributed by atoms with van der Waals surface area (Å²) in [5.74, 6) is 0.0672. The predicted octanol–water partition coefficient (Wildman–Crippen LogP) is 1.80. The second kappa shape index (κ2) is 4.80. The molecule has 1 aromatic carbocycles. The van der Waals surface area contributed by atoms with Crippen molar-refractivity contribution in [2.45, 2.75) is 19.9 Å². The molecular weight excluding hydrogens is 230 g/mol. The van der Waals surface area contributed by atoms with E-state index >= 15 is 0 Å². The molecule has 18 heavy (non-hydrogen) atoms. The van der Waals surface area contributed by atoms with Crippen LogP contribution in [-0.4, -0.2) is 30.2 Å². The highest BCUT2D eigenvalue weighted by molar-refractivity contribution is 6.05. The van der Waals surface area contributed by atoms with Gasteiger partial charge in [0.25, 0.3) is 0 Å². The van der Waals surface area contributed by atoms with E-state index in [4.69, 9.17) is 4.74 Å². The lowest BCUT2D eigenvalue weighted by molar-refractivity contribution is -0.160. The van der Waals surface area contributed by atoms with Crippen molar-refractivity contribution in [3.8, 4) is 5.75 Å². The Bertz CT molecular complexity index is 484. The van der Waals surface area contributed by atoms with E-state index in [1.54, 1.807) is 12.0 Å². The molecule has 1 aromatic rings. The number of hydrogen-bond acceptors (Lipinski definition) is 3. The molecule has 4 heteroatoms. The second-order valence-corrected chi connectivity index (χ2v) is 4.43. The fraction of sp³-hybridized carbons (Fsp3) is 0.429. The number of likely N-dealkylation sites (tertiary alicyclic amines) is 1. The van der Waals surface area contributed by atoms with Gasteiger partial charge in [-0.25, -0.2) is 0 Å². The Morgan fingerprint density at radius 3 is 2.72 bits per heavy atom. The zero-order valence-electron chi connectivity index (χ0n) is 10.8. The molecule has 0 N–H and O–H groups in total. The monoisotopic (exact) mass is 247 g/mol. The first kappa shape index (κ1) is 12.6. The molecule has 1 aliphatic rings. The van der Waals surface area contributed by atoms with E-state index in [9.17, 15) is 9.59 Å². The van der Waals surface area contributed by atoms with Crippen LogP contribution in [0.15, 0.2) is 24.3 Å². The number of rotatable bonds is 4. The quantitative estimate of drug-likeness (QED) is 0.602. The number of Topliss-reactive ketones (excluding diaryl/α,β-unsaturated/α-hetero) is 1. The Kier molecular flexibility index (Phi) is 3.36. The molecule has 0 aromatic heterocycles. The van der Waals surface area contributed by atoms with Gasteiger partial charge in [0.05, 0.1) is 13.2 Å². The first-order chi connectivity index (χ1) is 8.60. The van der Waals surface area contributed by atoms with Crippen molar-refractivity contribution in [2.75, 3.05) is 13.7 Å². The van der Waals surface area contributed by atoms with E-state index in [0.717, 1.165) is 11.3 Å². The highest BCUT2D eigenvalue weighted by Crippen LogP contribution is 2.41. The lowest BCUT2D eigenvalue weighted by Crippen LogP contribution is -2.57. The third kappa shape index (κ3) is 1.88. The number of carbonyl (C=O) groups is 2. The van der Waals surface area contributed by atoms with Gasteiger partial charge in [-0.05, 0) is 31.5 Å². The summed E-state index contributed by atoms with van der Waals surface area (Å²) in [4.78, 5) is 25.1. The summed E-state index contributed by atoms with van der Waals surface area (Å²) in [7, 11) is 1.60. The number of amides is 1. The molecule has 1 saturated heterocycles. The fourth-order valence-electron chi connectivity index (χ4n) is 2.50. The number of benzene rings is 1. The van der Waals surface area contributed by atoms with Crippen LogP contribution in [0.5, 0.6) is 5.75 Å². The van der Waals surface area contributed by atoms with Gasteiger partial charge >= 0.3 is 0 Å². The smallest absolute Gasteiger partial charge is 0.236 e. The molecule has 0 saturated carbocycles. The van der Waals surface area contributed by atoms with E-state index < -0.39 is 5.92 Å². The van der Waals surface area contributed by atoms with Crippen LogP contribution >= 0.6 is 0 Å². The maximum atomic E-state index is 11.8. The maximum absolute atomic E-state index is 11.8. The first-order valence-corrected chi connectivity index (χ1v) is 6.05. The van der Waals surface area contributed by atoms with Crippen molar-refractivity contribution in [1.82, 2.24) is 4.90 Å². The van der Waals surface area contributed by atoms with E-state index in [-0.39, 0.29) is 17.7 Å². The van der Waals surface area contributed by atoms with Crippen LogP contribution in [0.25, 0.3) is 0 Å². The number of β-lactam (4-membered cyclic amide) rings is 1. The summed E-state index contributed by atoms with van der Waals surface area (Å²) in [5.41, 5.74) is 0.955. The molecule has 1 amide bonds. The van der Waals surface area contributed by atoms with Crippen molar-refractivity contribution in [3.63, 3.8) is 0 Å². The van der Waals surface area contributed by atoms with Crippen molar-refractivity contribution < 1.29 is 14.3 Å². The zero-order valence-corrected chi connectivity index (χ0v) is 10.8. The number of methoxy groups -OCH3 is 1. The average molecular weight is 247 g/mol. The lowest BCUT2D eigenvalue weighted by atomic mass is 9.80. The minimum atomic E-state index is -0.531. The molecule has 0 unspecified atom stereocenters. The summed E-state index contributed by atoms with van der Waals surface area (Å²) >= 11 is 0. The minimum Gasteiger partial charge on any atom is -0.497 e. The summed E-state index contributed by atoms with van der Waals surface area (Å²) in [5, 5.41) is 0. The highest BCUT2D eigenvalue weighted by Gasteiger charge is 2.49. The molecule has 1 aliphatic heterocycles. The standard InChI is InChI=1S/C14H17NO3/c1-4-15-13(12(9(2)16)14(15)17)10-6-5-7-11(8-10)18-3/h5-8,12-13H,4H2,1-3H3/t12-,13-/m0/s1. The average Bonchev–Trinajstić information content (AvgIpc) is 2.35. The van der Waals surface area contributed by atoms with Crippen molar-refractivity contribution in [3.05, 3.63) is 29.8 Å². The van der Waals surface area contributed by atoms with Gasteiger partial charge in [0.1, 0.15) is 17.5 Å². The molecule has 2 rings (SSSR count). The Labute approximate surface area is 107 Å². The maximum Gasteiger partial charge on any atom is 0.236 e. The van der Waals surface area contributed by atoms with Gasteiger partial charge in [0, 0.05) is 6.54 Å². The van der Waals surface area contributed by atoms with Crippen LogP contribution in [0.2, 0.25) is 0 Å². The molecule has 0 bridgehead atoms. The summed E-state index contributed by atoms with van der Waals surface area (Å²) in [6, 6.07) is 7.40. The van der Waals surface area contributed by atoms with Gasteiger partial charge in [-0.1, -0.05) is 12.1 Å². The molecule has 2 atom stereocenters. The number of ether oxygens (including phenoxy) is 1. The van der Waals surface area contributed by atoms with Crippen LogP contribution in [-0.2, 0) is 9.59 Å². The van der Waals surface area contributed by atoms with Crippen molar-refractivity contribution in [1.29, 1.82) is 0 Å². The highest BCUT2D eigenvalue weighted by atomic mass is 16.5. The van der Waals surface area contributed by atoms with E-state index in [0.29, 0.717) is 6.54 Å². The molecule has 1 fully saturated rings. The zero-order chi connectivity index (χ0) is 13.3. The normalized spacial score (nSPS) is 22.6. The Hall–Kier alpha value is -1.84. The number of ketones is 1. The largest absolute Gasteiger partial charge is 0.497 e. The lowest BCUT2D eigenvalue weighted by Gasteiger charge is -2.46. The molecule has 0 spiro atoms. The Morgan fingerprint density at radius 2 is 2.17 bits per heavy atom. The van der Waals surface area contributed by atoms with Crippen LogP contribution in [0, 0.1) is 5.92 Å². The first-order valence-electron chi connectivity index (χ1n) is 6.05. The molecule has 1 heterocycles. The van der Waals surface area contributed by atoms with Gasteiger partial charge in [0.15, 0.2) is 0 Å². The minimum absolute atomic E-state index is 0.0715. The van der Waals surface area contributed by atoms with Gasteiger partial charge < -0.3 is 9.64 Å². The molecule has 0 radical (unpaired) electrons. The van der Waals surface area contributed by atoms with Crippen LogP contribution in [0.1, 0.15) is 25.5 Å². The second-order valence-electron chi connectivity index (χ2n) is 4.43. The number of carbonyl (C=O) groups excluding carboxylic acids is 2. The van der Waals surface area contributed by atoms with Gasteiger partial charge in [-0.3, -0.25) is 9.59 Å².